The molecule has 0 saturated carbocycles. The summed E-state index contributed by atoms with van der Waals surface area (Å²) in [5.74, 6) is 0. The zero-order chi connectivity index (χ0) is 10.1. The minimum atomic E-state index is 0.333. The van der Waals surface area contributed by atoms with Gasteiger partial charge in [0.15, 0.2) is 0 Å². The first-order chi connectivity index (χ1) is 6.68. The van der Waals surface area contributed by atoms with Gasteiger partial charge in [-0.1, -0.05) is 15.9 Å². The molecule has 1 aliphatic heterocycles. The Labute approximate surface area is 105 Å². The maximum atomic E-state index is 5.84. The van der Waals surface area contributed by atoms with Gasteiger partial charge in [0.05, 0.1) is 17.0 Å². The van der Waals surface area contributed by atoms with Gasteiger partial charge in [-0.2, -0.15) is 0 Å². The van der Waals surface area contributed by atoms with E-state index in [1.165, 1.54) is 15.8 Å². The standard InChI is InChI=1S/C10H12Br2OS/c1-6-2-3-8(13-6)9(12)10-7(11)4-5-14-10/h4-6,8-9H,2-3H2,1H3. The molecule has 1 nitrogen and oxygen atoms in total. The van der Waals surface area contributed by atoms with Gasteiger partial charge in [0, 0.05) is 9.35 Å². The van der Waals surface area contributed by atoms with Crippen molar-refractivity contribution in [1.29, 1.82) is 0 Å². The molecule has 1 aromatic rings. The molecule has 1 aliphatic rings. The van der Waals surface area contributed by atoms with Crippen molar-refractivity contribution in [3.63, 3.8) is 0 Å². The number of hydrogen-bond donors (Lipinski definition) is 0. The van der Waals surface area contributed by atoms with Crippen molar-refractivity contribution in [2.45, 2.75) is 36.8 Å². The van der Waals surface area contributed by atoms with E-state index in [0.717, 1.165) is 6.42 Å². The van der Waals surface area contributed by atoms with Crippen molar-refractivity contribution in [3.8, 4) is 0 Å². The van der Waals surface area contributed by atoms with Crippen LogP contribution < -0.4 is 0 Å². The molecular weight excluding hydrogens is 328 g/mol. The van der Waals surface area contributed by atoms with Crippen LogP contribution in [-0.2, 0) is 4.74 Å². The average molecular weight is 340 g/mol. The smallest absolute Gasteiger partial charge is 0.0762 e. The van der Waals surface area contributed by atoms with Crippen molar-refractivity contribution in [3.05, 3.63) is 20.8 Å². The van der Waals surface area contributed by atoms with Crippen LogP contribution in [-0.4, -0.2) is 12.2 Å². The molecule has 3 unspecified atom stereocenters. The molecule has 1 saturated heterocycles. The van der Waals surface area contributed by atoms with Crippen LogP contribution in [0.3, 0.4) is 0 Å². The largest absolute Gasteiger partial charge is 0.374 e. The van der Waals surface area contributed by atoms with E-state index in [-0.39, 0.29) is 0 Å². The monoisotopic (exact) mass is 338 g/mol. The lowest BCUT2D eigenvalue weighted by Crippen LogP contribution is -2.13. The van der Waals surface area contributed by atoms with Gasteiger partial charge in [-0.15, -0.1) is 11.3 Å². The fraction of sp³-hybridized carbons (Fsp3) is 0.600. The summed E-state index contributed by atoms with van der Waals surface area (Å²) in [6.45, 7) is 2.14. The van der Waals surface area contributed by atoms with Gasteiger partial charge in [-0.25, -0.2) is 0 Å². The molecule has 0 bridgehead atoms. The molecule has 0 amide bonds. The van der Waals surface area contributed by atoms with Crippen molar-refractivity contribution in [2.24, 2.45) is 0 Å². The number of ether oxygens (including phenoxy) is 1. The van der Waals surface area contributed by atoms with Gasteiger partial charge in [-0.05, 0) is 47.1 Å². The number of halogens is 2. The normalized spacial score (nSPS) is 29.4. The molecule has 4 heteroatoms. The third-order valence-corrected chi connectivity index (χ3v) is 5.79. The third-order valence-electron chi connectivity index (χ3n) is 2.49. The fourth-order valence-corrected chi connectivity index (χ4v) is 4.63. The van der Waals surface area contributed by atoms with Gasteiger partial charge in [0.2, 0.25) is 0 Å². The van der Waals surface area contributed by atoms with Crippen molar-refractivity contribution in [1.82, 2.24) is 0 Å². The van der Waals surface area contributed by atoms with Crippen molar-refractivity contribution >= 4 is 43.2 Å². The first-order valence-electron chi connectivity index (χ1n) is 4.71. The summed E-state index contributed by atoms with van der Waals surface area (Å²) in [7, 11) is 0. The Balaban J connectivity index is 2.09. The Morgan fingerprint density at radius 1 is 1.57 bits per heavy atom. The maximum absolute atomic E-state index is 5.84. The molecule has 78 valence electrons. The molecule has 14 heavy (non-hydrogen) atoms. The quantitative estimate of drug-likeness (QED) is 0.720. The van der Waals surface area contributed by atoms with Crippen LogP contribution >= 0.6 is 43.2 Å². The SMILES string of the molecule is CC1CCC(C(Br)c2sccc2Br)O1. The molecule has 0 spiro atoms. The van der Waals surface area contributed by atoms with Crippen molar-refractivity contribution in [2.75, 3.05) is 0 Å². The van der Waals surface area contributed by atoms with E-state index in [4.69, 9.17) is 4.74 Å². The molecule has 2 heterocycles. The summed E-state index contributed by atoms with van der Waals surface area (Å²) < 4.78 is 7.03. The summed E-state index contributed by atoms with van der Waals surface area (Å²) >= 11 is 9.05. The first-order valence-corrected chi connectivity index (χ1v) is 7.29. The third kappa shape index (κ3) is 2.23. The lowest BCUT2D eigenvalue weighted by molar-refractivity contribution is 0.0560. The lowest BCUT2D eigenvalue weighted by Gasteiger charge is -2.17. The maximum Gasteiger partial charge on any atom is 0.0762 e. The van der Waals surface area contributed by atoms with Crippen LogP contribution in [0.4, 0.5) is 0 Å². The Morgan fingerprint density at radius 3 is 2.86 bits per heavy atom. The average Bonchev–Trinajstić information content (AvgIpc) is 2.73. The van der Waals surface area contributed by atoms with E-state index in [1.54, 1.807) is 11.3 Å². The fourth-order valence-electron chi connectivity index (χ4n) is 1.72. The van der Waals surface area contributed by atoms with Crippen molar-refractivity contribution < 1.29 is 4.74 Å². The predicted octanol–water partition coefficient (Wildman–Crippen LogP) is 4.51. The highest BCUT2D eigenvalue weighted by molar-refractivity contribution is 9.11. The summed E-state index contributed by atoms with van der Waals surface area (Å²) in [5.41, 5.74) is 0. The Bertz CT molecular complexity index is 313. The van der Waals surface area contributed by atoms with Gasteiger partial charge in [-0.3, -0.25) is 0 Å². The number of rotatable bonds is 2. The lowest BCUT2D eigenvalue weighted by atomic mass is 10.1. The van der Waals surface area contributed by atoms with Crippen LogP contribution in [0.1, 0.15) is 29.5 Å². The molecule has 0 radical (unpaired) electrons. The highest BCUT2D eigenvalue weighted by Gasteiger charge is 2.30. The van der Waals surface area contributed by atoms with Crippen LogP contribution in [0.25, 0.3) is 0 Å². The Morgan fingerprint density at radius 2 is 2.36 bits per heavy atom. The molecule has 2 rings (SSSR count). The zero-order valence-electron chi connectivity index (χ0n) is 7.87. The molecule has 3 atom stereocenters. The van der Waals surface area contributed by atoms with Crippen LogP contribution in [0, 0.1) is 0 Å². The Kier molecular flexibility index (Phi) is 3.68. The summed E-state index contributed by atoms with van der Waals surface area (Å²) in [5, 5.41) is 2.10. The topological polar surface area (TPSA) is 9.23 Å². The zero-order valence-corrected chi connectivity index (χ0v) is 11.9. The molecule has 0 N–H and O–H groups in total. The van der Waals surface area contributed by atoms with E-state index in [0.29, 0.717) is 17.0 Å². The van der Waals surface area contributed by atoms with Gasteiger partial charge < -0.3 is 4.74 Å². The number of hydrogen-bond acceptors (Lipinski definition) is 2. The minimum Gasteiger partial charge on any atom is -0.374 e. The van der Waals surface area contributed by atoms with Crippen LogP contribution in [0.5, 0.6) is 0 Å². The molecule has 1 fully saturated rings. The number of thiophene rings is 1. The predicted molar refractivity (Wildman–Crippen MR) is 67.3 cm³/mol. The molecule has 0 aromatic carbocycles. The highest BCUT2D eigenvalue weighted by Crippen LogP contribution is 2.41. The molecular formula is C10H12Br2OS. The van der Waals surface area contributed by atoms with E-state index >= 15 is 0 Å². The second kappa shape index (κ2) is 4.64. The molecule has 1 aromatic heterocycles. The first kappa shape index (κ1) is 11.1. The van der Waals surface area contributed by atoms with Crippen LogP contribution in [0.2, 0.25) is 0 Å². The van der Waals surface area contributed by atoms with E-state index in [2.05, 4.69) is 50.2 Å². The van der Waals surface area contributed by atoms with E-state index in [9.17, 15) is 0 Å². The highest BCUT2D eigenvalue weighted by atomic mass is 79.9. The summed E-state index contributed by atoms with van der Waals surface area (Å²) in [6, 6.07) is 2.09. The summed E-state index contributed by atoms with van der Waals surface area (Å²) in [4.78, 5) is 1.67. The number of alkyl halides is 1. The van der Waals surface area contributed by atoms with Gasteiger partial charge in [0.25, 0.3) is 0 Å². The molecule has 0 aliphatic carbocycles. The second-order valence-electron chi connectivity index (χ2n) is 3.60. The Hall–Kier alpha value is 0.620. The second-order valence-corrected chi connectivity index (χ2v) is 6.39. The van der Waals surface area contributed by atoms with E-state index < -0.39 is 0 Å². The van der Waals surface area contributed by atoms with E-state index in [1.807, 2.05) is 0 Å². The van der Waals surface area contributed by atoms with Crippen LogP contribution in [0.15, 0.2) is 15.9 Å². The van der Waals surface area contributed by atoms with Gasteiger partial charge >= 0.3 is 0 Å². The summed E-state index contributed by atoms with van der Waals surface area (Å²) in [6.07, 6.45) is 3.08. The van der Waals surface area contributed by atoms with Gasteiger partial charge in [0.1, 0.15) is 0 Å². The minimum absolute atomic E-state index is 0.333.